The van der Waals surface area contributed by atoms with E-state index in [4.69, 9.17) is 9.47 Å². The molecule has 8 fully saturated rings. The monoisotopic (exact) mass is 388 g/mol. The normalized spacial score (nSPS) is 54.1. The van der Waals surface area contributed by atoms with Crippen LogP contribution in [-0.2, 0) is 14.3 Å². The van der Waals surface area contributed by atoms with Crippen molar-refractivity contribution in [1.29, 1.82) is 0 Å². The van der Waals surface area contributed by atoms with E-state index in [1.54, 1.807) is 0 Å². The minimum Gasteiger partial charge on any atom is -0.436 e. The molecule has 4 nitrogen and oxygen atoms in total. The minimum atomic E-state index is -0.446. The molecule has 3 atom stereocenters. The molecule has 0 aliphatic heterocycles. The molecule has 8 saturated carbocycles. The van der Waals surface area contributed by atoms with Crippen molar-refractivity contribution in [3.8, 4) is 0 Å². The standard InChI is InChI=1S/C24H36O4/c1-14(27-13-23-7-15-2-16(8-23)4-17(3-15)9-23)28-22(26)24-10-18-5-19(11-24)21(25)20(6-18)12-24/h14-21,25H,2-13H2,1H3. The molecule has 8 rings (SSSR count). The third kappa shape index (κ3) is 2.80. The zero-order valence-corrected chi connectivity index (χ0v) is 17.3. The largest absolute Gasteiger partial charge is 0.436 e. The first kappa shape index (κ1) is 18.2. The molecule has 0 radical (unpaired) electrons. The molecule has 0 aromatic rings. The Morgan fingerprint density at radius 2 is 1.43 bits per heavy atom. The van der Waals surface area contributed by atoms with Crippen molar-refractivity contribution in [3.63, 3.8) is 0 Å². The molecular formula is C24H36O4. The van der Waals surface area contributed by atoms with Crippen LogP contribution in [0, 0.1) is 46.3 Å². The van der Waals surface area contributed by atoms with Crippen molar-refractivity contribution in [2.24, 2.45) is 46.3 Å². The molecule has 3 unspecified atom stereocenters. The summed E-state index contributed by atoms with van der Waals surface area (Å²) < 4.78 is 12.1. The fourth-order valence-corrected chi connectivity index (χ4v) is 9.32. The summed E-state index contributed by atoms with van der Waals surface area (Å²) in [7, 11) is 0. The van der Waals surface area contributed by atoms with Crippen LogP contribution >= 0.6 is 0 Å². The van der Waals surface area contributed by atoms with Crippen LogP contribution in [0.1, 0.15) is 77.6 Å². The lowest BCUT2D eigenvalue weighted by molar-refractivity contribution is -0.216. The van der Waals surface area contributed by atoms with Gasteiger partial charge < -0.3 is 14.6 Å². The minimum absolute atomic E-state index is 0.0446. The molecule has 0 aromatic carbocycles. The Hall–Kier alpha value is -0.610. The average Bonchev–Trinajstić information content (AvgIpc) is 2.63. The van der Waals surface area contributed by atoms with Crippen molar-refractivity contribution in [1.82, 2.24) is 0 Å². The van der Waals surface area contributed by atoms with Gasteiger partial charge in [0.25, 0.3) is 0 Å². The molecule has 0 spiro atoms. The Bertz CT molecular complexity index is 606. The lowest BCUT2D eigenvalue weighted by atomic mass is 9.48. The highest BCUT2D eigenvalue weighted by Gasteiger charge is 2.59. The number of aliphatic hydroxyl groups excluding tert-OH is 1. The Kier molecular flexibility index (Phi) is 4.02. The number of aliphatic hydroxyl groups is 1. The predicted octanol–water partition coefficient (Wildman–Crippen LogP) is 4.30. The fourth-order valence-electron chi connectivity index (χ4n) is 9.32. The summed E-state index contributed by atoms with van der Waals surface area (Å²) in [4.78, 5) is 13.2. The Morgan fingerprint density at radius 3 is 2.00 bits per heavy atom. The Labute approximate surface area is 168 Å². The van der Waals surface area contributed by atoms with Crippen LogP contribution in [0.5, 0.6) is 0 Å². The van der Waals surface area contributed by atoms with Gasteiger partial charge in [-0.15, -0.1) is 0 Å². The van der Waals surface area contributed by atoms with Gasteiger partial charge in [0, 0.05) is 0 Å². The summed E-state index contributed by atoms with van der Waals surface area (Å²) >= 11 is 0. The van der Waals surface area contributed by atoms with Gasteiger partial charge in [-0.3, -0.25) is 4.79 Å². The summed E-state index contributed by atoms with van der Waals surface area (Å²) in [6.07, 6.45) is 12.5. The number of ether oxygens (including phenoxy) is 2. The van der Waals surface area contributed by atoms with Gasteiger partial charge in [0.05, 0.1) is 18.1 Å². The second-order valence-electron chi connectivity index (χ2n) is 11.9. The van der Waals surface area contributed by atoms with Crippen LogP contribution in [0.4, 0.5) is 0 Å². The summed E-state index contributed by atoms with van der Waals surface area (Å²) in [5.74, 6) is 3.95. The number of esters is 1. The van der Waals surface area contributed by atoms with Crippen molar-refractivity contribution in [3.05, 3.63) is 0 Å². The van der Waals surface area contributed by atoms with Crippen LogP contribution < -0.4 is 0 Å². The smallest absolute Gasteiger partial charge is 0.314 e. The predicted molar refractivity (Wildman–Crippen MR) is 104 cm³/mol. The Morgan fingerprint density at radius 1 is 0.893 bits per heavy atom. The summed E-state index contributed by atoms with van der Waals surface area (Å²) in [6.45, 7) is 2.68. The van der Waals surface area contributed by atoms with E-state index in [0.717, 1.165) is 56.5 Å². The van der Waals surface area contributed by atoms with Gasteiger partial charge in [0.2, 0.25) is 0 Å². The lowest BCUT2D eigenvalue weighted by Gasteiger charge is -2.57. The number of carbonyl (C=O) groups excluding carboxylic acids is 1. The first-order chi connectivity index (χ1) is 13.4. The zero-order valence-electron chi connectivity index (χ0n) is 17.3. The van der Waals surface area contributed by atoms with E-state index in [0.29, 0.717) is 23.2 Å². The summed E-state index contributed by atoms with van der Waals surface area (Å²) in [6, 6.07) is 0. The number of carbonyl (C=O) groups is 1. The van der Waals surface area contributed by atoms with Gasteiger partial charge in [0.15, 0.2) is 6.29 Å². The van der Waals surface area contributed by atoms with Gasteiger partial charge in [-0.25, -0.2) is 0 Å². The van der Waals surface area contributed by atoms with Crippen LogP contribution in [0.2, 0.25) is 0 Å². The molecule has 8 aliphatic rings. The fraction of sp³-hybridized carbons (Fsp3) is 0.958. The van der Waals surface area contributed by atoms with Crippen molar-refractivity contribution >= 4 is 5.97 Å². The van der Waals surface area contributed by atoms with Crippen molar-refractivity contribution in [2.45, 2.75) is 89.9 Å². The number of rotatable bonds is 5. The molecule has 8 aliphatic carbocycles. The molecule has 8 bridgehead atoms. The highest BCUT2D eigenvalue weighted by Crippen LogP contribution is 2.61. The first-order valence-corrected chi connectivity index (χ1v) is 11.9. The number of hydrogen-bond acceptors (Lipinski definition) is 4. The molecule has 0 amide bonds. The van der Waals surface area contributed by atoms with Gasteiger partial charge in [-0.1, -0.05) is 0 Å². The SMILES string of the molecule is CC(OCC12CC3CC(CC(C3)C1)C2)OC(=O)C12CC3CC(C1)C(O)C(C3)C2. The molecule has 156 valence electrons. The van der Waals surface area contributed by atoms with Gasteiger partial charge >= 0.3 is 5.97 Å². The van der Waals surface area contributed by atoms with Gasteiger partial charge in [-0.2, -0.15) is 0 Å². The molecule has 4 heteroatoms. The molecular weight excluding hydrogens is 352 g/mol. The van der Waals surface area contributed by atoms with Crippen molar-refractivity contribution < 1.29 is 19.4 Å². The maximum atomic E-state index is 13.2. The Balaban J connectivity index is 1.08. The van der Waals surface area contributed by atoms with E-state index in [2.05, 4.69) is 0 Å². The van der Waals surface area contributed by atoms with Gasteiger partial charge in [-0.05, 0) is 118 Å². The first-order valence-electron chi connectivity index (χ1n) is 11.9. The van der Waals surface area contributed by atoms with E-state index >= 15 is 0 Å². The molecule has 0 saturated heterocycles. The molecule has 0 aromatic heterocycles. The van der Waals surface area contributed by atoms with Crippen LogP contribution in [0.25, 0.3) is 0 Å². The third-order valence-corrected chi connectivity index (χ3v) is 9.72. The van der Waals surface area contributed by atoms with Gasteiger partial charge in [0.1, 0.15) is 0 Å². The van der Waals surface area contributed by atoms with Crippen LogP contribution in [-0.4, -0.2) is 30.1 Å². The summed E-state index contributed by atoms with van der Waals surface area (Å²) in [5, 5.41) is 10.5. The second-order valence-corrected chi connectivity index (χ2v) is 11.9. The molecule has 0 heterocycles. The average molecular weight is 389 g/mol. The van der Waals surface area contributed by atoms with Crippen LogP contribution in [0.3, 0.4) is 0 Å². The highest BCUT2D eigenvalue weighted by molar-refractivity contribution is 5.77. The number of hydrogen-bond donors (Lipinski definition) is 1. The van der Waals surface area contributed by atoms with Crippen molar-refractivity contribution in [2.75, 3.05) is 6.61 Å². The maximum absolute atomic E-state index is 13.2. The third-order valence-electron chi connectivity index (χ3n) is 9.72. The van der Waals surface area contributed by atoms with E-state index in [1.165, 1.54) is 38.5 Å². The topological polar surface area (TPSA) is 55.8 Å². The second kappa shape index (κ2) is 6.20. The van der Waals surface area contributed by atoms with E-state index < -0.39 is 6.29 Å². The van der Waals surface area contributed by atoms with Crippen LogP contribution in [0.15, 0.2) is 0 Å². The lowest BCUT2D eigenvalue weighted by Crippen LogP contribution is -2.57. The molecule has 1 N–H and O–H groups in total. The molecule has 28 heavy (non-hydrogen) atoms. The van der Waals surface area contributed by atoms with E-state index in [9.17, 15) is 9.90 Å². The quantitative estimate of drug-likeness (QED) is 0.564. The van der Waals surface area contributed by atoms with E-state index in [-0.39, 0.29) is 17.5 Å². The highest BCUT2D eigenvalue weighted by atomic mass is 16.7. The summed E-state index contributed by atoms with van der Waals surface area (Å²) in [5.41, 5.74) is 0.0221. The van der Waals surface area contributed by atoms with E-state index in [1.807, 2.05) is 6.92 Å². The zero-order chi connectivity index (χ0) is 19.1. The maximum Gasteiger partial charge on any atom is 0.314 e.